The fourth-order valence-electron chi connectivity index (χ4n) is 4.96. The number of carbonyl (C=O) groups is 2. The predicted octanol–water partition coefficient (Wildman–Crippen LogP) is 2.13. The van der Waals surface area contributed by atoms with Gasteiger partial charge in [0.1, 0.15) is 29.3 Å². The van der Waals surface area contributed by atoms with Crippen molar-refractivity contribution in [1.29, 1.82) is 0 Å². The Labute approximate surface area is 239 Å². The highest BCUT2D eigenvalue weighted by molar-refractivity contribution is 6.31. The van der Waals surface area contributed by atoms with Crippen LogP contribution in [-0.2, 0) is 4.79 Å². The Morgan fingerprint density at radius 3 is 2.66 bits per heavy atom. The Morgan fingerprint density at radius 2 is 1.93 bits per heavy atom. The molecule has 0 unspecified atom stereocenters. The number of aromatic amines is 1. The molecule has 6 rings (SSSR count). The van der Waals surface area contributed by atoms with Gasteiger partial charge in [-0.15, -0.1) is 0 Å². The van der Waals surface area contributed by atoms with E-state index in [1.54, 1.807) is 31.4 Å². The van der Waals surface area contributed by atoms with E-state index in [2.05, 4.69) is 25.6 Å². The highest BCUT2D eigenvalue weighted by Gasteiger charge is 2.25. The molecule has 4 heterocycles. The lowest BCUT2D eigenvalue weighted by molar-refractivity contribution is -0.664. The van der Waals surface area contributed by atoms with Gasteiger partial charge in [0, 0.05) is 40.3 Å². The highest BCUT2D eigenvalue weighted by atomic mass is 35.5. The molecule has 2 aromatic carbocycles. The number of hydrogen-bond acceptors (Lipinski definition) is 8. The summed E-state index contributed by atoms with van der Waals surface area (Å²) in [6, 6.07) is 13.0. The molecule has 1 amide bonds. The third kappa shape index (κ3) is 5.93. The molecule has 1 fully saturated rings. The molecule has 0 aliphatic carbocycles. The second kappa shape index (κ2) is 11.8. The number of methoxy groups -OCH3 is 1. The fraction of sp³-hybridized carbons (Fsp3) is 0.250. The van der Waals surface area contributed by atoms with Crippen molar-refractivity contribution in [3.05, 3.63) is 59.5 Å². The maximum Gasteiger partial charge on any atom is 0.272 e. The van der Waals surface area contributed by atoms with E-state index in [-0.39, 0.29) is 11.9 Å². The van der Waals surface area contributed by atoms with E-state index >= 15 is 0 Å². The molecular weight excluding hydrogens is 548 g/mol. The summed E-state index contributed by atoms with van der Waals surface area (Å²) >= 11 is 6.07. The second-order valence-electron chi connectivity index (χ2n) is 9.62. The first-order chi connectivity index (χ1) is 19.7. The van der Waals surface area contributed by atoms with E-state index in [4.69, 9.17) is 37.1 Å². The van der Waals surface area contributed by atoms with E-state index in [1.165, 1.54) is 6.33 Å². The average molecular weight is 577 g/mol. The van der Waals surface area contributed by atoms with Crippen molar-refractivity contribution < 1.29 is 24.7 Å². The lowest BCUT2D eigenvalue weighted by Gasteiger charge is -2.21. The summed E-state index contributed by atoms with van der Waals surface area (Å²) in [7, 11) is 1.56. The number of amides is 1. The van der Waals surface area contributed by atoms with Gasteiger partial charge in [0.05, 0.1) is 37.3 Å². The number of anilines is 2. The van der Waals surface area contributed by atoms with Gasteiger partial charge in [-0.05, 0) is 37.3 Å². The number of nitrogens with zero attached hydrogens (tertiary/aromatic N) is 4. The Hall–Kier alpha value is -4.68. The number of fused-ring (bicyclic) bond motifs is 2. The Bertz CT molecular complexity index is 1740. The molecule has 0 saturated carbocycles. The number of rotatable bonds is 5. The fourth-order valence-corrected chi connectivity index (χ4v) is 5.13. The summed E-state index contributed by atoms with van der Waals surface area (Å²) in [4.78, 5) is 33.7. The summed E-state index contributed by atoms with van der Waals surface area (Å²) in [5.41, 5.74) is 10.2. The third-order valence-electron chi connectivity index (χ3n) is 6.82. The van der Waals surface area contributed by atoms with Crippen LogP contribution in [0.4, 0.5) is 11.5 Å². The second-order valence-corrected chi connectivity index (χ2v) is 10.1. The molecule has 13 heteroatoms. The van der Waals surface area contributed by atoms with E-state index in [9.17, 15) is 4.79 Å². The van der Waals surface area contributed by atoms with Gasteiger partial charge < -0.3 is 36.0 Å². The van der Waals surface area contributed by atoms with Crippen LogP contribution in [0.25, 0.3) is 33.2 Å². The lowest BCUT2D eigenvalue weighted by Crippen LogP contribution is -2.86. The van der Waals surface area contributed by atoms with Gasteiger partial charge in [-0.25, -0.2) is 14.6 Å². The first-order valence-corrected chi connectivity index (χ1v) is 13.4. The zero-order valence-corrected chi connectivity index (χ0v) is 23.2. The number of carboxylic acids is 1. The minimum atomic E-state index is -1.08. The topological polar surface area (TPSA) is 180 Å². The van der Waals surface area contributed by atoms with Gasteiger partial charge in [0.25, 0.3) is 5.91 Å². The molecule has 5 aromatic rings. The number of aliphatic carboxylic acids is 1. The molecule has 0 bridgehead atoms. The summed E-state index contributed by atoms with van der Waals surface area (Å²) in [5, 5.41) is 21.3. The standard InChI is InChI=1S/C26H25ClN8O2.C2H4O2/c1-37-21-11-15(3-5-18(21)33-26(36)20-10-14-2-4-16(27)12-19(14)32-20)23-22-24(28)30-13-31-25(22)35(34-23)17-6-8-29-9-7-17;1-2(3)4/h2-5,10-13,17,29,32H,6-9H2,1H3,(H,33,36)(H2,28,30,31);1H3,(H,3,4). The number of aromatic nitrogens is 5. The SMILES string of the molecule is CC(=O)[O-].COc1cc(-c2nn(C3CC[NH2+]CC3)c3ncnc(N)c23)ccc1NC(=O)c1cc2ccc(Cl)cc2[nH]1. The molecule has 1 aliphatic heterocycles. The first-order valence-electron chi connectivity index (χ1n) is 13.0. The number of ether oxygens (including phenoxy) is 1. The van der Waals surface area contributed by atoms with Gasteiger partial charge in [-0.3, -0.25) is 4.79 Å². The molecular formula is C28H29ClN8O4. The molecule has 3 aromatic heterocycles. The summed E-state index contributed by atoms with van der Waals surface area (Å²) in [6.45, 7) is 3.07. The first kappa shape index (κ1) is 27.9. The number of nitrogens with two attached hydrogens (primary N) is 2. The van der Waals surface area contributed by atoms with Crippen molar-refractivity contribution in [2.45, 2.75) is 25.8 Å². The zero-order valence-electron chi connectivity index (χ0n) is 22.5. The van der Waals surface area contributed by atoms with Crippen molar-refractivity contribution in [2.24, 2.45) is 0 Å². The maximum absolute atomic E-state index is 13.0. The van der Waals surface area contributed by atoms with Crippen molar-refractivity contribution in [3.63, 3.8) is 0 Å². The van der Waals surface area contributed by atoms with E-state index in [1.807, 2.05) is 22.9 Å². The minimum Gasteiger partial charge on any atom is -0.550 e. The lowest BCUT2D eigenvalue weighted by atomic mass is 10.1. The van der Waals surface area contributed by atoms with Crippen molar-refractivity contribution in [2.75, 3.05) is 31.2 Å². The summed E-state index contributed by atoms with van der Waals surface area (Å²) in [5.74, 6) is -0.501. The molecule has 1 aliphatic rings. The molecule has 6 N–H and O–H groups in total. The number of hydrogen-bond donors (Lipinski definition) is 4. The Morgan fingerprint density at radius 1 is 1.17 bits per heavy atom. The van der Waals surface area contributed by atoms with Gasteiger partial charge >= 0.3 is 0 Å². The van der Waals surface area contributed by atoms with Gasteiger partial charge in [-0.1, -0.05) is 23.7 Å². The maximum atomic E-state index is 13.0. The largest absolute Gasteiger partial charge is 0.550 e. The highest BCUT2D eigenvalue weighted by Crippen LogP contribution is 2.37. The minimum absolute atomic E-state index is 0.252. The van der Waals surface area contributed by atoms with Gasteiger partial charge in [0.2, 0.25) is 0 Å². The number of H-pyrrole nitrogens is 1. The molecule has 1 saturated heterocycles. The number of carbonyl (C=O) groups excluding carboxylic acids is 2. The molecule has 41 heavy (non-hydrogen) atoms. The van der Waals surface area contributed by atoms with Crippen LogP contribution >= 0.6 is 11.6 Å². The van der Waals surface area contributed by atoms with E-state index in [0.29, 0.717) is 39.1 Å². The third-order valence-corrected chi connectivity index (χ3v) is 7.06. The van der Waals surface area contributed by atoms with E-state index in [0.717, 1.165) is 55.0 Å². The van der Waals surface area contributed by atoms with Crippen LogP contribution < -0.4 is 26.2 Å². The summed E-state index contributed by atoms with van der Waals surface area (Å²) in [6.07, 6.45) is 3.49. The van der Waals surface area contributed by atoms with Gasteiger partial charge in [-0.2, -0.15) is 5.10 Å². The van der Waals surface area contributed by atoms with Crippen molar-refractivity contribution in [1.82, 2.24) is 24.7 Å². The Balaban J connectivity index is 0.000000794. The monoisotopic (exact) mass is 576 g/mol. The number of carboxylic acid groups (broad SMARTS) is 1. The zero-order chi connectivity index (χ0) is 29.1. The molecule has 12 nitrogen and oxygen atoms in total. The van der Waals surface area contributed by atoms with Crippen molar-refractivity contribution in [3.8, 4) is 17.0 Å². The number of halogens is 1. The molecule has 0 spiro atoms. The van der Waals surface area contributed by atoms with E-state index < -0.39 is 5.97 Å². The van der Waals surface area contributed by atoms with Crippen LogP contribution in [0.1, 0.15) is 36.3 Å². The van der Waals surface area contributed by atoms with Crippen LogP contribution in [-0.4, -0.2) is 56.8 Å². The molecule has 0 atom stereocenters. The normalized spacial score (nSPS) is 13.5. The van der Waals surface area contributed by atoms with Crippen LogP contribution in [0.5, 0.6) is 5.75 Å². The molecule has 212 valence electrons. The summed E-state index contributed by atoms with van der Waals surface area (Å²) < 4.78 is 7.63. The Kier molecular flexibility index (Phi) is 8.04. The molecule has 0 radical (unpaired) electrons. The number of quaternary nitrogens is 1. The predicted molar refractivity (Wildman–Crippen MR) is 154 cm³/mol. The van der Waals surface area contributed by atoms with Crippen LogP contribution in [0.2, 0.25) is 5.02 Å². The van der Waals surface area contributed by atoms with Crippen LogP contribution in [0, 0.1) is 0 Å². The number of benzene rings is 2. The number of nitrogens with one attached hydrogen (secondary N) is 2. The average Bonchev–Trinajstić information content (AvgIpc) is 3.56. The van der Waals surface area contributed by atoms with Gasteiger partial charge in [0.15, 0.2) is 5.65 Å². The van der Waals surface area contributed by atoms with Crippen LogP contribution in [0.15, 0.2) is 48.8 Å². The van der Waals surface area contributed by atoms with Crippen LogP contribution in [0.3, 0.4) is 0 Å². The number of piperidine rings is 1. The smallest absolute Gasteiger partial charge is 0.272 e. The quantitative estimate of drug-likeness (QED) is 0.245. The van der Waals surface area contributed by atoms with Crippen molar-refractivity contribution >= 4 is 56.9 Å². The number of nitrogen functional groups attached to an aromatic ring is 1.